The summed E-state index contributed by atoms with van der Waals surface area (Å²) < 4.78 is 31.1. The monoisotopic (exact) mass is 534 g/mol. The highest BCUT2D eigenvalue weighted by atomic mass is 32.2. The van der Waals surface area contributed by atoms with Crippen molar-refractivity contribution in [1.29, 1.82) is 0 Å². The van der Waals surface area contributed by atoms with Crippen LogP contribution in [-0.2, 0) is 21.8 Å². The summed E-state index contributed by atoms with van der Waals surface area (Å²) in [5, 5.41) is 3.99. The molecule has 2 aromatic carbocycles. The van der Waals surface area contributed by atoms with E-state index in [4.69, 9.17) is 4.74 Å². The SMILES string of the molecule is O=S(=O)(c1ccc(O[C@H]2C[C@H](N3CCC(C4(C5CCCC5)NCCc5ccccc54)CC3)C2)cc1)C1CC1. The number of nitrogens with zero attached hydrogens (tertiary/aromatic N) is 1. The van der Waals surface area contributed by atoms with Gasteiger partial charge >= 0.3 is 0 Å². The quantitative estimate of drug-likeness (QED) is 0.510. The zero-order valence-corrected chi connectivity index (χ0v) is 23.3. The average molecular weight is 535 g/mol. The van der Waals surface area contributed by atoms with Crippen molar-refractivity contribution in [3.8, 4) is 5.75 Å². The van der Waals surface area contributed by atoms with Crippen molar-refractivity contribution in [1.82, 2.24) is 10.2 Å². The first-order valence-electron chi connectivity index (χ1n) is 15.1. The minimum atomic E-state index is -3.13. The van der Waals surface area contributed by atoms with Gasteiger partial charge in [-0.1, -0.05) is 37.1 Å². The molecular weight excluding hydrogens is 492 g/mol. The van der Waals surface area contributed by atoms with E-state index in [1.54, 1.807) is 23.3 Å². The number of hydrogen-bond donors (Lipinski definition) is 1. The Labute approximate surface area is 228 Å². The molecule has 5 aliphatic rings. The van der Waals surface area contributed by atoms with Crippen molar-refractivity contribution < 1.29 is 13.2 Å². The molecule has 38 heavy (non-hydrogen) atoms. The van der Waals surface area contributed by atoms with Crippen LogP contribution in [0.15, 0.2) is 53.4 Å². The van der Waals surface area contributed by atoms with E-state index >= 15 is 0 Å². The van der Waals surface area contributed by atoms with Crippen LogP contribution in [0, 0.1) is 11.8 Å². The highest BCUT2D eigenvalue weighted by molar-refractivity contribution is 7.92. The summed E-state index contributed by atoms with van der Waals surface area (Å²) in [6.45, 7) is 3.49. The molecule has 1 atom stereocenters. The summed E-state index contributed by atoms with van der Waals surface area (Å²) >= 11 is 0. The number of nitrogens with one attached hydrogen (secondary N) is 1. The van der Waals surface area contributed by atoms with E-state index in [2.05, 4.69) is 34.5 Å². The lowest BCUT2D eigenvalue weighted by atomic mass is 9.63. The van der Waals surface area contributed by atoms with Crippen molar-refractivity contribution >= 4 is 9.84 Å². The van der Waals surface area contributed by atoms with Gasteiger partial charge in [0.25, 0.3) is 0 Å². The van der Waals surface area contributed by atoms with Crippen LogP contribution in [-0.4, -0.2) is 50.3 Å². The number of sulfone groups is 1. The maximum atomic E-state index is 12.4. The Bertz CT molecular complexity index is 1240. The zero-order chi connectivity index (χ0) is 25.7. The summed E-state index contributed by atoms with van der Waals surface area (Å²) in [6, 6.07) is 17.0. The summed E-state index contributed by atoms with van der Waals surface area (Å²) in [5.74, 6) is 2.27. The largest absolute Gasteiger partial charge is 0.490 e. The normalized spacial score (nSPS) is 31.1. The van der Waals surface area contributed by atoms with Crippen molar-refractivity contribution in [3.63, 3.8) is 0 Å². The second kappa shape index (κ2) is 9.94. The van der Waals surface area contributed by atoms with Crippen molar-refractivity contribution in [2.24, 2.45) is 11.8 Å². The van der Waals surface area contributed by atoms with Gasteiger partial charge in [-0.15, -0.1) is 0 Å². The van der Waals surface area contributed by atoms with Gasteiger partial charge in [-0.25, -0.2) is 8.42 Å². The van der Waals surface area contributed by atoms with Gasteiger partial charge in [0, 0.05) is 31.0 Å². The number of ether oxygens (including phenoxy) is 1. The number of likely N-dealkylation sites (tertiary alicyclic amines) is 1. The van der Waals surface area contributed by atoms with Gasteiger partial charge < -0.3 is 15.0 Å². The maximum absolute atomic E-state index is 12.4. The Morgan fingerprint density at radius 3 is 2.24 bits per heavy atom. The smallest absolute Gasteiger partial charge is 0.181 e. The third-order valence-corrected chi connectivity index (χ3v) is 12.7. The molecule has 1 unspecified atom stereocenters. The van der Waals surface area contributed by atoms with Crippen molar-refractivity contribution in [2.45, 2.75) is 98.5 Å². The number of benzene rings is 2. The van der Waals surface area contributed by atoms with Crippen molar-refractivity contribution in [2.75, 3.05) is 19.6 Å². The average Bonchev–Trinajstić information content (AvgIpc) is 3.66. The lowest BCUT2D eigenvalue weighted by Crippen LogP contribution is -2.60. The van der Waals surface area contributed by atoms with E-state index in [9.17, 15) is 8.42 Å². The Hall–Kier alpha value is -1.89. The van der Waals surface area contributed by atoms with Gasteiger partial charge in [-0.05, 0) is 105 Å². The molecule has 0 radical (unpaired) electrons. The van der Waals surface area contributed by atoms with Crippen LogP contribution in [0.5, 0.6) is 5.75 Å². The molecule has 1 saturated heterocycles. The van der Waals surface area contributed by atoms with Crippen LogP contribution in [0.1, 0.15) is 75.3 Å². The van der Waals surface area contributed by atoms with Gasteiger partial charge in [0.05, 0.1) is 10.1 Å². The van der Waals surface area contributed by atoms with E-state index in [1.807, 2.05) is 12.1 Å². The molecular formula is C32H42N2O3S. The van der Waals surface area contributed by atoms with E-state index < -0.39 is 9.84 Å². The van der Waals surface area contributed by atoms with Crippen molar-refractivity contribution in [3.05, 3.63) is 59.7 Å². The fourth-order valence-corrected chi connectivity index (χ4v) is 9.86. The van der Waals surface area contributed by atoms with Crippen LogP contribution < -0.4 is 10.1 Å². The molecule has 1 N–H and O–H groups in total. The first kappa shape index (κ1) is 25.1. The molecule has 2 aliphatic heterocycles. The molecule has 5 nitrogen and oxygen atoms in total. The molecule has 0 bridgehead atoms. The predicted molar refractivity (Wildman–Crippen MR) is 150 cm³/mol. The molecule has 4 fully saturated rings. The third-order valence-electron chi connectivity index (χ3n) is 10.5. The standard InChI is InChI=1S/C32H42N2O3S/c35-38(36,30-13-14-30)29-11-9-27(10-12-29)37-28-21-26(22-28)34-19-16-25(17-20-34)32(24-6-2-3-7-24)31-8-4-1-5-23(31)15-18-33-32/h1,4-5,8-12,24-26,28,30,33H,2-3,6-7,13-22H2/t26-,28-,32?. The van der Waals surface area contributed by atoms with Crippen LogP contribution in [0.25, 0.3) is 0 Å². The summed E-state index contributed by atoms with van der Waals surface area (Å²) in [7, 11) is -3.13. The van der Waals surface area contributed by atoms with E-state index in [0.717, 1.165) is 50.3 Å². The summed E-state index contributed by atoms with van der Waals surface area (Å²) in [4.78, 5) is 3.16. The fourth-order valence-electron chi connectivity index (χ4n) is 8.21. The molecule has 204 valence electrons. The molecule has 3 aliphatic carbocycles. The first-order valence-corrected chi connectivity index (χ1v) is 16.7. The third kappa shape index (κ3) is 4.41. The highest BCUT2D eigenvalue weighted by Crippen LogP contribution is 2.51. The minimum Gasteiger partial charge on any atom is -0.490 e. The van der Waals surface area contributed by atoms with Crippen LogP contribution in [0.2, 0.25) is 0 Å². The Morgan fingerprint density at radius 1 is 0.842 bits per heavy atom. The molecule has 3 saturated carbocycles. The highest BCUT2D eigenvalue weighted by Gasteiger charge is 2.50. The summed E-state index contributed by atoms with van der Waals surface area (Å²) in [6.07, 6.45) is 13.2. The molecule has 7 rings (SSSR count). The fraction of sp³-hybridized carbons (Fsp3) is 0.625. The van der Waals surface area contributed by atoms with Crippen LogP contribution in [0.4, 0.5) is 0 Å². The summed E-state index contributed by atoms with van der Waals surface area (Å²) in [5.41, 5.74) is 3.37. The molecule has 2 heterocycles. The number of hydrogen-bond acceptors (Lipinski definition) is 5. The lowest BCUT2D eigenvalue weighted by molar-refractivity contribution is -0.0170. The maximum Gasteiger partial charge on any atom is 0.181 e. The van der Waals surface area contributed by atoms with Gasteiger partial charge in [0.2, 0.25) is 0 Å². The first-order chi connectivity index (χ1) is 18.5. The van der Waals surface area contributed by atoms with Gasteiger partial charge in [-0.2, -0.15) is 0 Å². The molecule has 6 heteroatoms. The minimum absolute atomic E-state index is 0.164. The number of fused-ring (bicyclic) bond motifs is 1. The molecule has 2 aromatic rings. The molecule has 0 amide bonds. The Morgan fingerprint density at radius 2 is 1.53 bits per heavy atom. The molecule has 0 spiro atoms. The van der Waals surface area contributed by atoms with Gasteiger partial charge in [-0.3, -0.25) is 0 Å². The van der Waals surface area contributed by atoms with E-state index in [1.165, 1.54) is 51.6 Å². The number of piperidine rings is 1. The molecule has 0 aromatic heterocycles. The Balaban J connectivity index is 0.963. The van der Waals surface area contributed by atoms with Crippen LogP contribution in [0.3, 0.4) is 0 Å². The van der Waals surface area contributed by atoms with Gasteiger partial charge in [0.15, 0.2) is 9.84 Å². The zero-order valence-electron chi connectivity index (χ0n) is 22.5. The van der Waals surface area contributed by atoms with Gasteiger partial charge in [0.1, 0.15) is 11.9 Å². The number of rotatable bonds is 7. The lowest BCUT2D eigenvalue weighted by Gasteiger charge is -2.53. The van der Waals surface area contributed by atoms with Crippen LogP contribution >= 0.6 is 0 Å². The second-order valence-corrected chi connectivity index (χ2v) is 14.8. The van der Waals surface area contributed by atoms with E-state index in [0.29, 0.717) is 16.9 Å². The second-order valence-electron chi connectivity index (χ2n) is 12.6. The predicted octanol–water partition coefficient (Wildman–Crippen LogP) is 5.48. The van der Waals surface area contributed by atoms with E-state index in [-0.39, 0.29) is 16.9 Å². The topological polar surface area (TPSA) is 58.6 Å². The Kier molecular flexibility index (Phi) is 6.57.